The zero-order valence-corrected chi connectivity index (χ0v) is 24.0. The number of hydrogen-bond donors (Lipinski definition) is 1. The highest BCUT2D eigenvalue weighted by molar-refractivity contribution is 6.60. The topological polar surface area (TPSA) is 127 Å². The summed E-state index contributed by atoms with van der Waals surface area (Å²) in [7, 11) is 1.74. The lowest BCUT2D eigenvalue weighted by Gasteiger charge is -2.39. The number of rotatable bonds is 18. The van der Waals surface area contributed by atoms with Gasteiger partial charge < -0.3 is 32.6 Å². The number of hydrogen-bond acceptors (Lipinski definition) is 10. The van der Waals surface area contributed by atoms with E-state index in [4.69, 9.17) is 32.6 Å². The second-order valence-electron chi connectivity index (χ2n) is 9.83. The smallest absolute Gasteiger partial charge is 0.466 e. The summed E-state index contributed by atoms with van der Waals surface area (Å²) in [5.74, 6) is -1.47. The molecule has 35 heavy (non-hydrogen) atoms. The van der Waals surface area contributed by atoms with Gasteiger partial charge in [-0.25, -0.2) is 0 Å². The average molecular weight is 523 g/mol. The van der Waals surface area contributed by atoms with Gasteiger partial charge in [-0.15, -0.1) is 0 Å². The van der Waals surface area contributed by atoms with E-state index in [1.807, 2.05) is 6.92 Å². The Balaban J connectivity index is 5.79. The number of carbonyl (C=O) groups is 3. The van der Waals surface area contributed by atoms with Gasteiger partial charge in [-0.05, 0) is 60.3 Å². The van der Waals surface area contributed by atoms with Gasteiger partial charge in [0.05, 0.1) is 36.1 Å². The van der Waals surface area contributed by atoms with E-state index in [1.165, 1.54) is 21.3 Å². The SMILES string of the molecule is CCOC(=O)C(C)(CC)CC(C)(CC(C)(C)C(=O)OCCO)C(=O)OCCC[Si](OC)(OC)OC. The number of carbonyl (C=O) groups excluding carboxylic acids is 3. The fourth-order valence-corrected chi connectivity index (χ4v) is 5.97. The molecule has 2 atom stereocenters. The molecule has 206 valence electrons. The van der Waals surface area contributed by atoms with E-state index in [0.717, 1.165) is 0 Å². The predicted octanol–water partition coefficient (Wildman–Crippen LogP) is 3.13. The monoisotopic (exact) mass is 522 g/mol. The minimum atomic E-state index is -2.80. The van der Waals surface area contributed by atoms with Gasteiger partial charge in [0.1, 0.15) is 6.61 Å². The standard InChI is InChI=1S/C24H46O10Si/c1-10-23(5,20(27)32-11-2)18-24(6,17-22(3,4)19(26)34-15-13-25)21(28)33-14-12-16-35(29-7,30-8)31-9/h25H,10-18H2,1-9H3. The fourth-order valence-electron chi connectivity index (χ4n) is 4.28. The molecule has 0 aromatic heterocycles. The van der Waals surface area contributed by atoms with Crippen LogP contribution in [-0.4, -0.2) is 79.6 Å². The third kappa shape index (κ3) is 9.80. The van der Waals surface area contributed by atoms with Crippen molar-refractivity contribution in [2.75, 3.05) is 47.8 Å². The lowest BCUT2D eigenvalue weighted by Crippen LogP contribution is -2.45. The third-order valence-corrected chi connectivity index (χ3v) is 9.16. The Morgan fingerprint density at radius 3 is 1.71 bits per heavy atom. The molecular formula is C24H46O10Si. The molecule has 10 nitrogen and oxygen atoms in total. The van der Waals surface area contributed by atoms with Crippen molar-refractivity contribution in [1.82, 2.24) is 0 Å². The first-order valence-corrected chi connectivity index (χ1v) is 14.0. The van der Waals surface area contributed by atoms with E-state index >= 15 is 0 Å². The maximum absolute atomic E-state index is 13.4. The van der Waals surface area contributed by atoms with Gasteiger partial charge in [0, 0.05) is 27.4 Å². The van der Waals surface area contributed by atoms with Crippen molar-refractivity contribution >= 4 is 26.7 Å². The molecule has 0 aliphatic heterocycles. The molecule has 0 spiro atoms. The molecule has 0 saturated heterocycles. The van der Waals surface area contributed by atoms with E-state index in [1.54, 1.807) is 34.6 Å². The second kappa shape index (κ2) is 14.9. The molecule has 0 aliphatic carbocycles. The van der Waals surface area contributed by atoms with Crippen LogP contribution in [0, 0.1) is 16.2 Å². The van der Waals surface area contributed by atoms with Gasteiger partial charge in [0.2, 0.25) is 0 Å². The van der Waals surface area contributed by atoms with Crippen LogP contribution in [0.4, 0.5) is 0 Å². The summed E-state index contributed by atoms with van der Waals surface area (Å²) < 4.78 is 32.2. The highest BCUT2D eigenvalue weighted by Gasteiger charge is 2.50. The summed E-state index contributed by atoms with van der Waals surface area (Å²) in [6.45, 7) is 10.2. The minimum absolute atomic E-state index is 0.0744. The Hall–Kier alpha value is -1.53. The summed E-state index contributed by atoms with van der Waals surface area (Å²) in [6.07, 6.45) is 1.09. The van der Waals surface area contributed by atoms with Crippen LogP contribution < -0.4 is 0 Å². The second-order valence-corrected chi connectivity index (χ2v) is 12.9. The molecule has 11 heteroatoms. The summed E-state index contributed by atoms with van der Waals surface area (Å²) in [6, 6.07) is 0.453. The lowest BCUT2D eigenvalue weighted by atomic mass is 9.65. The van der Waals surface area contributed by atoms with Gasteiger partial charge in [0.25, 0.3) is 0 Å². The molecule has 0 fully saturated rings. The number of aliphatic hydroxyl groups excluding tert-OH is 1. The van der Waals surface area contributed by atoms with E-state index < -0.39 is 43.0 Å². The van der Waals surface area contributed by atoms with Crippen LogP contribution in [0.15, 0.2) is 0 Å². The molecule has 0 rings (SSSR count). The maximum atomic E-state index is 13.4. The largest absolute Gasteiger partial charge is 0.500 e. The Kier molecular flexibility index (Phi) is 14.2. The van der Waals surface area contributed by atoms with Gasteiger partial charge in [-0.1, -0.05) is 6.92 Å². The predicted molar refractivity (Wildman–Crippen MR) is 131 cm³/mol. The quantitative estimate of drug-likeness (QED) is 0.124. The van der Waals surface area contributed by atoms with Crippen molar-refractivity contribution in [2.45, 2.75) is 73.3 Å². The molecule has 0 radical (unpaired) electrons. The summed E-state index contributed by atoms with van der Waals surface area (Å²) in [5.41, 5.74) is -3.23. The van der Waals surface area contributed by atoms with Crippen molar-refractivity contribution in [1.29, 1.82) is 0 Å². The van der Waals surface area contributed by atoms with Crippen molar-refractivity contribution in [3.63, 3.8) is 0 Å². The van der Waals surface area contributed by atoms with E-state index in [9.17, 15) is 14.4 Å². The molecule has 1 N–H and O–H groups in total. The Bertz CT molecular complexity index is 671. The molecule has 0 aromatic carbocycles. The van der Waals surface area contributed by atoms with Gasteiger partial charge >= 0.3 is 26.7 Å². The molecule has 0 heterocycles. The van der Waals surface area contributed by atoms with Crippen LogP contribution in [0.25, 0.3) is 0 Å². The van der Waals surface area contributed by atoms with E-state index in [-0.39, 0.29) is 39.3 Å². The normalized spacial score (nSPS) is 15.6. The van der Waals surface area contributed by atoms with Crippen LogP contribution in [-0.2, 0) is 41.9 Å². The number of esters is 3. The first kappa shape index (κ1) is 33.5. The van der Waals surface area contributed by atoms with Gasteiger partial charge in [-0.3, -0.25) is 14.4 Å². The molecule has 0 aromatic rings. The van der Waals surface area contributed by atoms with Crippen molar-refractivity contribution in [2.24, 2.45) is 16.2 Å². The highest BCUT2D eigenvalue weighted by atomic mass is 28.4. The zero-order valence-electron chi connectivity index (χ0n) is 23.0. The van der Waals surface area contributed by atoms with Crippen LogP contribution >= 0.6 is 0 Å². The van der Waals surface area contributed by atoms with Crippen molar-refractivity contribution in [3.8, 4) is 0 Å². The molecule has 0 amide bonds. The first-order chi connectivity index (χ1) is 16.2. The molecule has 0 saturated carbocycles. The Morgan fingerprint density at radius 1 is 0.743 bits per heavy atom. The van der Waals surface area contributed by atoms with E-state index in [0.29, 0.717) is 18.9 Å². The lowest BCUT2D eigenvalue weighted by molar-refractivity contribution is -0.169. The van der Waals surface area contributed by atoms with Crippen molar-refractivity contribution in [3.05, 3.63) is 0 Å². The average Bonchev–Trinajstić information content (AvgIpc) is 2.82. The van der Waals surface area contributed by atoms with Crippen LogP contribution in [0.3, 0.4) is 0 Å². The Labute approximate surface area is 211 Å². The van der Waals surface area contributed by atoms with Crippen LogP contribution in [0.2, 0.25) is 6.04 Å². The van der Waals surface area contributed by atoms with Crippen LogP contribution in [0.5, 0.6) is 0 Å². The van der Waals surface area contributed by atoms with E-state index in [2.05, 4.69) is 0 Å². The molecular weight excluding hydrogens is 476 g/mol. The van der Waals surface area contributed by atoms with Crippen molar-refractivity contribution < 1.29 is 47.0 Å². The molecule has 2 unspecified atom stereocenters. The first-order valence-electron chi connectivity index (χ1n) is 12.0. The highest BCUT2D eigenvalue weighted by Crippen LogP contribution is 2.45. The Morgan fingerprint density at radius 2 is 1.26 bits per heavy atom. The molecule has 0 aliphatic rings. The van der Waals surface area contributed by atoms with Crippen LogP contribution in [0.1, 0.15) is 67.2 Å². The molecule has 0 bridgehead atoms. The summed E-state index contributed by atoms with van der Waals surface area (Å²) in [4.78, 5) is 38.9. The number of ether oxygens (including phenoxy) is 3. The fraction of sp³-hybridized carbons (Fsp3) is 0.875. The maximum Gasteiger partial charge on any atom is 0.500 e. The zero-order chi connectivity index (χ0) is 27.3. The third-order valence-electron chi connectivity index (χ3n) is 6.32. The summed E-state index contributed by atoms with van der Waals surface area (Å²) >= 11 is 0. The van der Waals surface area contributed by atoms with Gasteiger partial charge in [0.15, 0.2) is 0 Å². The van der Waals surface area contributed by atoms with Gasteiger partial charge in [-0.2, -0.15) is 0 Å². The number of aliphatic hydroxyl groups is 1. The minimum Gasteiger partial charge on any atom is -0.466 e. The summed E-state index contributed by atoms with van der Waals surface area (Å²) in [5, 5.41) is 9.00.